The fourth-order valence-electron chi connectivity index (χ4n) is 2.84. The summed E-state index contributed by atoms with van der Waals surface area (Å²) in [4.78, 5) is 22.4. The number of carboxylic acids is 1. The van der Waals surface area contributed by atoms with Gasteiger partial charge in [0.1, 0.15) is 5.92 Å². The van der Waals surface area contributed by atoms with Crippen LogP contribution in [-0.4, -0.2) is 27.4 Å². The molecule has 0 fully saturated rings. The van der Waals surface area contributed by atoms with E-state index in [2.05, 4.69) is 0 Å². The van der Waals surface area contributed by atoms with Crippen LogP contribution in [0.1, 0.15) is 18.4 Å². The summed E-state index contributed by atoms with van der Waals surface area (Å²) in [6.07, 6.45) is -0.463. The van der Waals surface area contributed by atoms with Gasteiger partial charge >= 0.3 is 14.4 Å². The molecule has 0 bridgehead atoms. The number of nitrogens with two attached hydrogens (primary N) is 1. The van der Waals surface area contributed by atoms with Gasteiger partial charge in [-0.25, -0.2) is 0 Å². The summed E-state index contributed by atoms with van der Waals surface area (Å²) in [5, 5.41) is 18.1. The summed E-state index contributed by atoms with van der Waals surface area (Å²) in [7, 11) is -1.25. The lowest BCUT2D eigenvalue weighted by Gasteiger charge is -2.22. The second kappa shape index (κ2) is 8.70. The lowest BCUT2D eigenvalue weighted by molar-refractivity contribution is -0.147. The Morgan fingerprint density at radius 2 is 1.62 bits per heavy atom. The minimum atomic E-state index is -1.96. The van der Waals surface area contributed by atoms with E-state index in [1.54, 1.807) is 12.1 Å². The summed E-state index contributed by atoms with van der Waals surface area (Å²) < 4.78 is 11.6. The largest absolute Gasteiger partial charge is 0.481 e. The molecule has 0 aliphatic heterocycles. The molecule has 0 heterocycles. The fraction of sp³-hybridized carbons (Fsp3) is 0.263. The SMILES string of the molecule is NC(=O)CCC(C(=O)O)C(O)(Cc1ccc(-c2ccccc2)cc1)[PH+]=O. The number of aliphatic carboxylic acids is 1. The summed E-state index contributed by atoms with van der Waals surface area (Å²) in [6.45, 7) is 0. The van der Waals surface area contributed by atoms with E-state index in [0.717, 1.165) is 11.1 Å². The highest BCUT2D eigenvalue weighted by molar-refractivity contribution is 7.25. The Balaban J connectivity index is 2.20. The number of carbonyl (C=O) groups excluding carboxylic acids is 1. The van der Waals surface area contributed by atoms with Crippen LogP contribution in [-0.2, 0) is 20.6 Å². The zero-order chi connectivity index (χ0) is 19.2. The Kier molecular flexibility index (Phi) is 6.61. The molecule has 3 unspecified atom stereocenters. The molecule has 26 heavy (non-hydrogen) atoms. The zero-order valence-electron chi connectivity index (χ0n) is 14.1. The predicted octanol–water partition coefficient (Wildman–Crippen LogP) is 2.58. The molecule has 6 nitrogen and oxygen atoms in total. The number of amides is 1. The molecule has 0 spiro atoms. The second-order valence-corrected chi connectivity index (χ2v) is 7.23. The van der Waals surface area contributed by atoms with E-state index < -0.39 is 31.6 Å². The summed E-state index contributed by atoms with van der Waals surface area (Å²) in [5.41, 5.74) is 7.72. The molecule has 136 valence electrons. The topological polar surface area (TPSA) is 118 Å². The lowest BCUT2D eigenvalue weighted by atomic mass is 9.90. The fourth-order valence-corrected chi connectivity index (χ4v) is 3.53. The zero-order valence-corrected chi connectivity index (χ0v) is 15.1. The Bertz CT molecular complexity index is 778. The Morgan fingerprint density at radius 3 is 2.12 bits per heavy atom. The highest BCUT2D eigenvalue weighted by atomic mass is 31.1. The van der Waals surface area contributed by atoms with Crippen LogP contribution in [0, 0.1) is 5.92 Å². The van der Waals surface area contributed by atoms with Gasteiger partial charge in [-0.15, -0.1) is 0 Å². The van der Waals surface area contributed by atoms with Crippen LogP contribution in [0.25, 0.3) is 11.1 Å². The van der Waals surface area contributed by atoms with Crippen molar-refractivity contribution in [1.82, 2.24) is 0 Å². The number of carboxylic acid groups (broad SMARTS) is 1. The number of primary amides is 1. The van der Waals surface area contributed by atoms with E-state index in [9.17, 15) is 24.4 Å². The number of rotatable bonds is 9. The molecule has 7 heteroatoms. The van der Waals surface area contributed by atoms with Crippen LogP contribution in [0.4, 0.5) is 0 Å². The number of aliphatic hydroxyl groups is 1. The molecule has 3 atom stereocenters. The molecule has 0 aliphatic carbocycles. The maximum Gasteiger partial charge on any atom is 0.360 e. The van der Waals surface area contributed by atoms with E-state index in [1.165, 1.54) is 0 Å². The molecule has 2 rings (SSSR count). The molecule has 0 aromatic heterocycles. The predicted molar refractivity (Wildman–Crippen MR) is 99.1 cm³/mol. The van der Waals surface area contributed by atoms with E-state index in [1.807, 2.05) is 42.5 Å². The van der Waals surface area contributed by atoms with Gasteiger partial charge in [0.05, 0.1) is 0 Å². The molecule has 1 amide bonds. The number of hydrogen-bond donors (Lipinski definition) is 3. The van der Waals surface area contributed by atoms with Crippen LogP contribution in [0.15, 0.2) is 54.6 Å². The first kappa shape index (κ1) is 19.8. The summed E-state index contributed by atoms with van der Waals surface area (Å²) in [5.74, 6) is -3.32. The molecule has 4 N–H and O–H groups in total. The molecule has 0 radical (unpaired) electrons. The maximum absolute atomic E-state index is 11.6. The first-order valence-electron chi connectivity index (χ1n) is 8.13. The van der Waals surface area contributed by atoms with Crippen molar-refractivity contribution in [3.63, 3.8) is 0 Å². The Hall–Kier alpha value is -2.56. The number of benzene rings is 2. The van der Waals surface area contributed by atoms with Gasteiger partial charge in [-0.1, -0.05) is 59.2 Å². The van der Waals surface area contributed by atoms with Crippen molar-refractivity contribution in [1.29, 1.82) is 0 Å². The third kappa shape index (κ3) is 4.97. The molecule has 0 saturated carbocycles. The molecule has 2 aromatic carbocycles. The highest BCUT2D eigenvalue weighted by Gasteiger charge is 2.49. The molecular formula is C19H21NO5P+. The van der Waals surface area contributed by atoms with Gasteiger partial charge in [-0.05, 0) is 23.1 Å². The van der Waals surface area contributed by atoms with E-state index >= 15 is 0 Å². The Labute approximate surface area is 152 Å². The first-order chi connectivity index (χ1) is 12.4. The standard InChI is InChI=1S/C19H20NO5P/c20-17(21)11-10-16(18(22)23)19(24,26-25)12-13-6-8-15(9-7-13)14-4-2-1-3-5-14/h1-9,16,24H,10-12H2,(H2,20,21)(H,22,23)/p+1. The second-order valence-electron chi connectivity index (χ2n) is 6.16. The Morgan fingerprint density at radius 1 is 1.04 bits per heavy atom. The minimum Gasteiger partial charge on any atom is -0.481 e. The van der Waals surface area contributed by atoms with Gasteiger partial charge in [0.2, 0.25) is 5.91 Å². The van der Waals surface area contributed by atoms with Gasteiger partial charge in [-0.2, -0.15) is 0 Å². The molecular weight excluding hydrogens is 353 g/mol. The first-order valence-corrected chi connectivity index (χ1v) is 9.03. The van der Waals surface area contributed by atoms with E-state index in [4.69, 9.17) is 5.73 Å². The van der Waals surface area contributed by atoms with Crippen LogP contribution >= 0.6 is 8.46 Å². The van der Waals surface area contributed by atoms with E-state index in [-0.39, 0.29) is 19.3 Å². The lowest BCUT2D eigenvalue weighted by Crippen LogP contribution is -2.40. The summed E-state index contributed by atoms with van der Waals surface area (Å²) in [6, 6.07) is 17.0. The van der Waals surface area contributed by atoms with Gasteiger partial charge < -0.3 is 15.9 Å². The summed E-state index contributed by atoms with van der Waals surface area (Å²) >= 11 is 0. The minimum absolute atomic E-state index is 0.0975. The van der Waals surface area contributed by atoms with Crippen molar-refractivity contribution in [2.24, 2.45) is 11.7 Å². The van der Waals surface area contributed by atoms with Gasteiger partial charge in [0.25, 0.3) is 5.34 Å². The molecule has 2 aromatic rings. The quantitative estimate of drug-likeness (QED) is 0.583. The average Bonchev–Trinajstić information content (AvgIpc) is 2.62. The third-order valence-corrected chi connectivity index (χ3v) is 5.14. The van der Waals surface area contributed by atoms with Crippen molar-refractivity contribution in [2.75, 3.05) is 0 Å². The van der Waals surface area contributed by atoms with Crippen molar-refractivity contribution in [3.8, 4) is 11.1 Å². The van der Waals surface area contributed by atoms with Crippen LogP contribution in [0.3, 0.4) is 0 Å². The third-order valence-electron chi connectivity index (χ3n) is 4.27. The maximum atomic E-state index is 11.6. The van der Waals surface area contributed by atoms with Crippen LogP contribution in [0.5, 0.6) is 0 Å². The van der Waals surface area contributed by atoms with Gasteiger partial charge in [0, 0.05) is 12.8 Å². The normalized spacial score (nSPS) is 14.5. The number of hydrogen-bond acceptors (Lipinski definition) is 4. The van der Waals surface area contributed by atoms with Crippen molar-refractivity contribution in [3.05, 3.63) is 60.2 Å². The van der Waals surface area contributed by atoms with Crippen molar-refractivity contribution < 1.29 is 24.4 Å². The highest BCUT2D eigenvalue weighted by Crippen LogP contribution is 2.36. The van der Waals surface area contributed by atoms with Crippen LogP contribution in [0.2, 0.25) is 0 Å². The monoisotopic (exact) mass is 374 g/mol. The average molecular weight is 374 g/mol. The molecule has 0 saturated heterocycles. The van der Waals surface area contributed by atoms with Gasteiger partial charge in [0.15, 0.2) is 0 Å². The molecule has 0 aliphatic rings. The van der Waals surface area contributed by atoms with Crippen LogP contribution < -0.4 is 5.73 Å². The van der Waals surface area contributed by atoms with Crippen molar-refractivity contribution >= 4 is 20.3 Å². The van der Waals surface area contributed by atoms with Crippen molar-refractivity contribution in [2.45, 2.75) is 24.6 Å². The smallest absolute Gasteiger partial charge is 0.360 e. The van der Waals surface area contributed by atoms with E-state index in [0.29, 0.717) is 5.56 Å². The van der Waals surface area contributed by atoms with Gasteiger partial charge in [-0.3, -0.25) is 9.59 Å². The number of carbonyl (C=O) groups is 2.